The maximum atomic E-state index is 11.7. The topological polar surface area (TPSA) is 60.2 Å². The zero-order chi connectivity index (χ0) is 12.0. The van der Waals surface area contributed by atoms with E-state index in [0.717, 1.165) is 17.5 Å². The largest absolute Gasteiger partial charge is 0.330 e. The van der Waals surface area contributed by atoms with E-state index in [9.17, 15) is 8.42 Å². The van der Waals surface area contributed by atoms with E-state index in [2.05, 4.69) is 0 Å². The summed E-state index contributed by atoms with van der Waals surface area (Å²) in [5, 5.41) is 0. The van der Waals surface area contributed by atoms with Gasteiger partial charge in [-0.05, 0) is 31.9 Å². The quantitative estimate of drug-likeness (QED) is 0.770. The first-order chi connectivity index (χ1) is 7.53. The van der Waals surface area contributed by atoms with E-state index in [1.807, 2.05) is 31.2 Å². The van der Waals surface area contributed by atoms with Gasteiger partial charge in [0, 0.05) is 0 Å². The third-order valence-corrected chi connectivity index (χ3v) is 4.06. The molecule has 1 aromatic rings. The summed E-state index contributed by atoms with van der Waals surface area (Å²) in [7, 11) is -2.98. The lowest BCUT2D eigenvalue weighted by molar-refractivity contribution is 0.591. The van der Waals surface area contributed by atoms with Crippen molar-refractivity contribution >= 4 is 9.84 Å². The molecule has 0 atom stereocenters. The number of unbranched alkanes of at least 4 members (excludes halogenated alkanes) is 1. The molecule has 0 amide bonds. The van der Waals surface area contributed by atoms with Gasteiger partial charge in [-0.2, -0.15) is 0 Å². The van der Waals surface area contributed by atoms with Gasteiger partial charge in [0.1, 0.15) is 0 Å². The van der Waals surface area contributed by atoms with Crippen molar-refractivity contribution in [2.75, 3.05) is 12.3 Å². The highest BCUT2D eigenvalue weighted by molar-refractivity contribution is 7.90. The van der Waals surface area contributed by atoms with Gasteiger partial charge in [0.25, 0.3) is 0 Å². The SMILES string of the molecule is Cc1cccc(CS(=O)(=O)CCCCN)c1. The molecule has 0 aliphatic carbocycles. The lowest BCUT2D eigenvalue weighted by Gasteiger charge is -2.04. The standard InChI is InChI=1S/C12H19NO2S/c1-11-5-4-6-12(9-11)10-16(14,15)8-3-2-7-13/h4-6,9H,2-3,7-8,10,13H2,1H3. The number of rotatable bonds is 6. The van der Waals surface area contributed by atoms with Crippen LogP contribution in [0.1, 0.15) is 24.0 Å². The Hall–Kier alpha value is -0.870. The third-order valence-electron chi connectivity index (χ3n) is 2.38. The predicted molar refractivity (Wildman–Crippen MR) is 67.0 cm³/mol. The van der Waals surface area contributed by atoms with Crippen molar-refractivity contribution in [3.8, 4) is 0 Å². The van der Waals surface area contributed by atoms with Crippen LogP contribution in [0, 0.1) is 6.92 Å². The van der Waals surface area contributed by atoms with Crippen molar-refractivity contribution in [2.24, 2.45) is 5.73 Å². The van der Waals surface area contributed by atoms with Crippen LogP contribution in [0.25, 0.3) is 0 Å². The molecule has 90 valence electrons. The molecule has 0 fully saturated rings. The Labute approximate surface area is 97.6 Å². The second-order valence-corrected chi connectivity index (χ2v) is 6.26. The molecule has 16 heavy (non-hydrogen) atoms. The van der Waals surface area contributed by atoms with Crippen molar-refractivity contribution in [3.63, 3.8) is 0 Å². The Kier molecular flexibility index (Phi) is 4.96. The van der Waals surface area contributed by atoms with Crippen LogP contribution in [0.5, 0.6) is 0 Å². The van der Waals surface area contributed by atoms with E-state index in [4.69, 9.17) is 5.73 Å². The fourth-order valence-electron chi connectivity index (χ4n) is 1.59. The molecule has 0 heterocycles. The molecule has 0 aliphatic rings. The molecule has 0 aromatic heterocycles. The van der Waals surface area contributed by atoms with Gasteiger partial charge in [-0.15, -0.1) is 0 Å². The van der Waals surface area contributed by atoms with Crippen molar-refractivity contribution in [3.05, 3.63) is 35.4 Å². The van der Waals surface area contributed by atoms with Crippen LogP contribution in [0.3, 0.4) is 0 Å². The smallest absolute Gasteiger partial charge is 0.154 e. The predicted octanol–water partition coefficient (Wildman–Crippen LogP) is 1.65. The molecule has 2 N–H and O–H groups in total. The minimum atomic E-state index is -2.98. The normalized spacial score (nSPS) is 11.6. The second-order valence-electron chi connectivity index (χ2n) is 4.08. The van der Waals surface area contributed by atoms with E-state index in [0.29, 0.717) is 13.0 Å². The Morgan fingerprint density at radius 1 is 1.25 bits per heavy atom. The van der Waals surface area contributed by atoms with Gasteiger partial charge < -0.3 is 5.73 Å². The molecule has 0 spiro atoms. The molecule has 3 nitrogen and oxygen atoms in total. The summed E-state index contributed by atoms with van der Waals surface area (Å²) in [6.07, 6.45) is 1.43. The lowest BCUT2D eigenvalue weighted by atomic mass is 10.2. The van der Waals surface area contributed by atoms with Crippen LogP contribution < -0.4 is 5.73 Å². The van der Waals surface area contributed by atoms with Crippen LogP contribution in [-0.4, -0.2) is 20.7 Å². The Morgan fingerprint density at radius 2 is 2.00 bits per heavy atom. The fourth-order valence-corrected chi connectivity index (χ4v) is 3.07. The minimum Gasteiger partial charge on any atom is -0.330 e. The minimum absolute atomic E-state index is 0.138. The summed E-state index contributed by atoms with van der Waals surface area (Å²) in [4.78, 5) is 0. The number of benzene rings is 1. The van der Waals surface area contributed by atoms with Gasteiger partial charge in [0.05, 0.1) is 11.5 Å². The van der Waals surface area contributed by atoms with Crippen LogP contribution in [-0.2, 0) is 15.6 Å². The number of hydrogen-bond acceptors (Lipinski definition) is 3. The molecule has 0 saturated heterocycles. The first-order valence-corrected chi connectivity index (χ1v) is 7.32. The highest BCUT2D eigenvalue weighted by Crippen LogP contribution is 2.10. The Morgan fingerprint density at radius 3 is 2.62 bits per heavy atom. The number of aryl methyl sites for hydroxylation is 1. The van der Waals surface area contributed by atoms with Crippen molar-refractivity contribution in [2.45, 2.75) is 25.5 Å². The summed E-state index contributed by atoms with van der Waals surface area (Å²) >= 11 is 0. The summed E-state index contributed by atoms with van der Waals surface area (Å²) < 4.78 is 23.5. The molecule has 0 saturated carbocycles. The summed E-state index contributed by atoms with van der Waals surface area (Å²) in [5.74, 6) is 0.372. The number of nitrogens with two attached hydrogens (primary N) is 1. The summed E-state index contributed by atoms with van der Waals surface area (Å²) in [6, 6.07) is 7.62. The van der Waals surface area contributed by atoms with Crippen molar-refractivity contribution < 1.29 is 8.42 Å². The maximum Gasteiger partial charge on any atom is 0.154 e. The third kappa shape index (κ3) is 4.77. The molecule has 0 aliphatic heterocycles. The van der Waals surface area contributed by atoms with Gasteiger partial charge in [-0.1, -0.05) is 29.8 Å². The molecule has 0 bridgehead atoms. The first kappa shape index (κ1) is 13.2. The highest BCUT2D eigenvalue weighted by Gasteiger charge is 2.11. The molecule has 1 aromatic carbocycles. The summed E-state index contributed by atoms with van der Waals surface area (Å²) in [6.45, 7) is 2.52. The molecule has 0 unspecified atom stereocenters. The second kappa shape index (κ2) is 6.01. The van der Waals surface area contributed by atoms with Crippen LogP contribution in [0.4, 0.5) is 0 Å². The van der Waals surface area contributed by atoms with E-state index < -0.39 is 9.84 Å². The number of sulfone groups is 1. The average Bonchev–Trinajstić information content (AvgIpc) is 2.17. The fraction of sp³-hybridized carbons (Fsp3) is 0.500. The van der Waals surface area contributed by atoms with Gasteiger partial charge >= 0.3 is 0 Å². The van der Waals surface area contributed by atoms with Gasteiger partial charge in [0.15, 0.2) is 9.84 Å². The molecular formula is C12H19NO2S. The van der Waals surface area contributed by atoms with E-state index in [-0.39, 0.29) is 11.5 Å². The van der Waals surface area contributed by atoms with Gasteiger partial charge in [-0.25, -0.2) is 8.42 Å². The van der Waals surface area contributed by atoms with E-state index >= 15 is 0 Å². The van der Waals surface area contributed by atoms with Crippen molar-refractivity contribution in [1.29, 1.82) is 0 Å². The maximum absolute atomic E-state index is 11.7. The Balaban J connectivity index is 2.59. The highest BCUT2D eigenvalue weighted by atomic mass is 32.2. The zero-order valence-electron chi connectivity index (χ0n) is 9.65. The van der Waals surface area contributed by atoms with E-state index in [1.54, 1.807) is 0 Å². The number of hydrogen-bond donors (Lipinski definition) is 1. The average molecular weight is 241 g/mol. The first-order valence-electron chi connectivity index (χ1n) is 5.49. The lowest BCUT2D eigenvalue weighted by Crippen LogP contribution is -2.11. The van der Waals surface area contributed by atoms with Crippen LogP contribution >= 0.6 is 0 Å². The molecule has 1 rings (SSSR count). The Bertz CT molecular complexity index is 426. The van der Waals surface area contributed by atoms with Gasteiger partial charge in [-0.3, -0.25) is 0 Å². The molecular weight excluding hydrogens is 222 g/mol. The van der Waals surface area contributed by atoms with E-state index in [1.165, 1.54) is 0 Å². The molecule has 4 heteroatoms. The van der Waals surface area contributed by atoms with Gasteiger partial charge in [0.2, 0.25) is 0 Å². The van der Waals surface area contributed by atoms with Crippen LogP contribution in [0.15, 0.2) is 24.3 Å². The molecule has 0 radical (unpaired) electrons. The monoisotopic (exact) mass is 241 g/mol. The van der Waals surface area contributed by atoms with Crippen molar-refractivity contribution in [1.82, 2.24) is 0 Å². The van der Waals surface area contributed by atoms with Crippen LogP contribution in [0.2, 0.25) is 0 Å². The zero-order valence-corrected chi connectivity index (χ0v) is 10.5. The summed E-state index contributed by atoms with van der Waals surface area (Å²) in [5.41, 5.74) is 7.30.